The van der Waals surface area contributed by atoms with Crippen molar-refractivity contribution in [2.75, 3.05) is 0 Å². The minimum Gasteiger partial charge on any atom is -0.464 e. The second-order valence-corrected chi connectivity index (χ2v) is 5.67. The number of aryl methyl sites for hydroxylation is 1. The van der Waals surface area contributed by atoms with E-state index in [0.717, 1.165) is 46.1 Å². The van der Waals surface area contributed by atoms with Gasteiger partial charge in [0.15, 0.2) is 0 Å². The van der Waals surface area contributed by atoms with Crippen LogP contribution in [-0.2, 0) is 6.54 Å². The summed E-state index contributed by atoms with van der Waals surface area (Å²) in [6.45, 7) is 2.82. The summed E-state index contributed by atoms with van der Waals surface area (Å²) >= 11 is 0. The molecule has 24 heavy (non-hydrogen) atoms. The van der Waals surface area contributed by atoms with Crippen LogP contribution in [0.15, 0.2) is 47.2 Å². The van der Waals surface area contributed by atoms with Crippen LogP contribution in [0.4, 0.5) is 0 Å². The van der Waals surface area contributed by atoms with Crippen molar-refractivity contribution < 1.29 is 9.21 Å². The average Bonchev–Trinajstić information content (AvgIpc) is 3.16. The van der Waals surface area contributed by atoms with Gasteiger partial charge in [-0.25, -0.2) is 0 Å². The van der Waals surface area contributed by atoms with Crippen LogP contribution < -0.4 is 5.73 Å². The van der Waals surface area contributed by atoms with Gasteiger partial charge in [-0.3, -0.25) is 14.5 Å². The summed E-state index contributed by atoms with van der Waals surface area (Å²) in [5.74, 6) is -0.545. The number of nitrogens with two attached hydrogens (primary N) is 1. The molecule has 4 rings (SSSR count). The van der Waals surface area contributed by atoms with Crippen molar-refractivity contribution in [2.45, 2.75) is 19.9 Å². The lowest BCUT2D eigenvalue weighted by Crippen LogP contribution is -2.13. The topological polar surface area (TPSA) is 86.9 Å². The van der Waals surface area contributed by atoms with Gasteiger partial charge in [0.25, 0.3) is 5.91 Å². The third kappa shape index (κ3) is 2.15. The van der Waals surface area contributed by atoms with Gasteiger partial charge in [0, 0.05) is 29.1 Å². The van der Waals surface area contributed by atoms with E-state index in [1.54, 1.807) is 18.5 Å². The van der Waals surface area contributed by atoms with Crippen LogP contribution in [0.3, 0.4) is 0 Å². The van der Waals surface area contributed by atoms with E-state index in [4.69, 9.17) is 15.2 Å². The largest absolute Gasteiger partial charge is 0.464 e. The third-order valence-electron chi connectivity index (χ3n) is 4.06. The molecule has 3 aromatic heterocycles. The van der Waals surface area contributed by atoms with Gasteiger partial charge in [-0.2, -0.15) is 5.10 Å². The Morgan fingerprint density at radius 1 is 1.29 bits per heavy atom. The Balaban J connectivity index is 2.00. The Hall–Kier alpha value is -3.15. The van der Waals surface area contributed by atoms with Crippen LogP contribution in [0.1, 0.15) is 23.8 Å². The number of primary amides is 1. The third-order valence-corrected chi connectivity index (χ3v) is 4.06. The smallest absolute Gasteiger partial charge is 0.267 e. The molecule has 0 radical (unpaired) electrons. The minimum absolute atomic E-state index is 0.239. The van der Waals surface area contributed by atoms with E-state index in [9.17, 15) is 4.79 Å². The molecule has 0 saturated carbocycles. The Bertz CT molecular complexity index is 1060. The lowest BCUT2D eigenvalue weighted by atomic mass is 10.1. The summed E-state index contributed by atoms with van der Waals surface area (Å²) in [4.78, 5) is 15.6. The molecule has 3 heterocycles. The minimum atomic E-state index is -0.545. The molecule has 1 amide bonds. The first-order chi connectivity index (χ1) is 11.7. The van der Waals surface area contributed by atoms with Crippen LogP contribution in [0.2, 0.25) is 0 Å². The molecule has 2 N–H and O–H groups in total. The summed E-state index contributed by atoms with van der Waals surface area (Å²) in [5.41, 5.74) is 8.97. The molecule has 6 nitrogen and oxygen atoms in total. The number of rotatable bonds is 4. The number of nitrogens with zero attached hydrogens (tertiary/aromatic N) is 3. The maximum absolute atomic E-state index is 11.4. The molecule has 0 saturated heterocycles. The normalized spacial score (nSPS) is 11.4. The van der Waals surface area contributed by atoms with E-state index < -0.39 is 5.91 Å². The summed E-state index contributed by atoms with van der Waals surface area (Å²) in [6, 6.07) is 9.53. The van der Waals surface area contributed by atoms with Crippen molar-refractivity contribution in [3.63, 3.8) is 0 Å². The summed E-state index contributed by atoms with van der Waals surface area (Å²) in [5, 5.41) is 6.61. The molecule has 0 fully saturated rings. The first-order valence-corrected chi connectivity index (χ1v) is 7.82. The number of amides is 1. The molecule has 0 aliphatic rings. The van der Waals surface area contributed by atoms with Gasteiger partial charge in [-0.05, 0) is 18.6 Å². The molecule has 0 aliphatic heterocycles. The standard InChI is InChI=1S/C18H16N4O2/c1-2-7-22-15-8-14(18(19)23)20-9-12(15)17(21-22)13-10-24-16-6-4-3-5-11(13)16/h3-6,8-10H,2,7H2,1H3,(H2,19,23). The number of aromatic nitrogens is 3. The van der Waals surface area contributed by atoms with Gasteiger partial charge in [0.05, 0.1) is 5.52 Å². The number of hydrogen-bond donors (Lipinski definition) is 1. The van der Waals surface area contributed by atoms with E-state index in [0.29, 0.717) is 0 Å². The van der Waals surface area contributed by atoms with Gasteiger partial charge in [0.2, 0.25) is 0 Å². The number of carbonyl (C=O) groups is 1. The van der Waals surface area contributed by atoms with Gasteiger partial charge < -0.3 is 10.2 Å². The predicted octanol–water partition coefficient (Wildman–Crippen LogP) is 3.35. The number of hydrogen-bond acceptors (Lipinski definition) is 4. The number of fused-ring (bicyclic) bond motifs is 2. The van der Waals surface area contributed by atoms with Gasteiger partial charge in [-0.15, -0.1) is 0 Å². The lowest BCUT2D eigenvalue weighted by molar-refractivity contribution is 0.0995. The number of carbonyl (C=O) groups excluding carboxylic acids is 1. The summed E-state index contributed by atoms with van der Waals surface area (Å²) < 4.78 is 7.53. The Labute approximate surface area is 137 Å². The predicted molar refractivity (Wildman–Crippen MR) is 91.5 cm³/mol. The fourth-order valence-electron chi connectivity index (χ4n) is 2.95. The van der Waals surface area contributed by atoms with E-state index in [1.165, 1.54) is 0 Å². The van der Waals surface area contributed by atoms with Gasteiger partial charge >= 0.3 is 0 Å². The average molecular weight is 320 g/mol. The molecule has 1 aromatic carbocycles. The highest BCUT2D eigenvalue weighted by Crippen LogP contribution is 2.34. The fourth-order valence-corrected chi connectivity index (χ4v) is 2.95. The molecule has 0 aliphatic carbocycles. The quantitative estimate of drug-likeness (QED) is 0.624. The Kier molecular flexibility index (Phi) is 3.30. The van der Waals surface area contributed by atoms with Crippen molar-refractivity contribution in [1.29, 1.82) is 0 Å². The second-order valence-electron chi connectivity index (χ2n) is 5.67. The molecule has 120 valence electrons. The summed E-state index contributed by atoms with van der Waals surface area (Å²) in [7, 11) is 0. The maximum atomic E-state index is 11.4. The zero-order chi connectivity index (χ0) is 16.7. The molecule has 0 atom stereocenters. The SMILES string of the molecule is CCCn1nc(-c2coc3ccccc23)c2cnc(C(N)=O)cc21. The van der Waals surface area contributed by atoms with Crippen molar-refractivity contribution in [1.82, 2.24) is 14.8 Å². The van der Waals surface area contributed by atoms with Crippen LogP contribution in [0, 0.1) is 0 Å². The van der Waals surface area contributed by atoms with Gasteiger partial charge in [-0.1, -0.05) is 25.1 Å². The number of furan rings is 1. The van der Waals surface area contributed by atoms with Crippen LogP contribution in [-0.4, -0.2) is 20.7 Å². The molecular formula is C18H16N4O2. The monoisotopic (exact) mass is 320 g/mol. The van der Waals surface area contributed by atoms with Crippen molar-refractivity contribution in [2.24, 2.45) is 5.73 Å². The first kappa shape index (κ1) is 14.4. The van der Waals surface area contributed by atoms with Crippen molar-refractivity contribution in [3.8, 4) is 11.3 Å². The van der Waals surface area contributed by atoms with Crippen LogP contribution >= 0.6 is 0 Å². The number of para-hydroxylation sites is 1. The Morgan fingerprint density at radius 2 is 2.12 bits per heavy atom. The highest BCUT2D eigenvalue weighted by molar-refractivity contribution is 6.03. The Morgan fingerprint density at radius 3 is 2.92 bits per heavy atom. The van der Waals surface area contributed by atoms with E-state index >= 15 is 0 Å². The number of benzene rings is 1. The molecular weight excluding hydrogens is 304 g/mol. The zero-order valence-electron chi connectivity index (χ0n) is 13.2. The van der Waals surface area contributed by atoms with Gasteiger partial charge in [0.1, 0.15) is 23.2 Å². The van der Waals surface area contributed by atoms with E-state index in [-0.39, 0.29) is 5.69 Å². The number of pyridine rings is 1. The van der Waals surface area contributed by atoms with E-state index in [2.05, 4.69) is 11.9 Å². The second kappa shape index (κ2) is 5.49. The first-order valence-electron chi connectivity index (χ1n) is 7.82. The maximum Gasteiger partial charge on any atom is 0.267 e. The van der Waals surface area contributed by atoms with Crippen molar-refractivity contribution in [3.05, 3.63) is 48.5 Å². The lowest BCUT2D eigenvalue weighted by Gasteiger charge is -2.01. The van der Waals surface area contributed by atoms with E-state index in [1.807, 2.05) is 28.9 Å². The highest BCUT2D eigenvalue weighted by Gasteiger charge is 2.18. The summed E-state index contributed by atoms with van der Waals surface area (Å²) in [6.07, 6.45) is 4.30. The zero-order valence-corrected chi connectivity index (χ0v) is 13.2. The van der Waals surface area contributed by atoms with Crippen molar-refractivity contribution >= 4 is 27.8 Å². The highest BCUT2D eigenvalue weighted by atomic mass is 16.3. The molecule has 0 spiro atoms. The van der Waals surface area contributed by atoms with Crippen LogP contribution in [0.25, 0.3) is 33.1 Å². The fraction of sp³-hybridized carbons (Fsp3) is 0.167. The molecule has 6 heteroatoms. The molecule has 0 bridgehead atoms. The molecule has 0 unspecified atom stereocenters. The van der Waals surface area contributed by atoms with Crippen LogP contribution in [0.5, 0.6) is 0 Å². The molecule has 4 aromatic rings.